The molecule has 0 radical (unpaired) electrons. The number of nitrogens with zero attached hydrogens (tertiary/aromatic N) is 1. The van der Waals surface area contributed by atoms with Gasteiger partial charge in [0.05, 0.1) is 20.3 Å². The van der Waals surface area contributed by atoms with E-state index in [0.717, 1.165) is 74.4 Å². The summed E-state index contributed by atoms with van der Waals surface area (Å²) in [7, 11) is 1.67. The van der Waals surface area contributed by atoms with E-state index in [4.69, 9.17) is 25.8 Å². The molecule has 0 atom stereocenters. The SMILES string of the molecule is COc1cc(CNCCCN2CCOCC2)ccc1OCc1ccc(Cl)cc1. The third kappa shape index (κ3) is 6.67. The molecule has 2 aromatic carbocycles. The lowest BCUT2D eigenvalue weighted by Gasteiger charge is -2.26. The Morgan fingerprint density at radius 1 is 1.04 bits per heavy atom. The Morgan fingerprint density at radius 2 is 1.79 bits per heavy atom. The molecule has 5 nitrogen and oxygen atoms in total. The molecule has 1 heterocycles. The number of halogens is 1. The smallest absolute Gasteiger partial charge is 0.161 e. The molecule has 2 aromatic rings. The number of hydrogen-bond acceptors (Lipinski definition) is 5. The van der Waals surface area contributed by atoms with Crippen LogP contribution < -0.4 is 14.8 Å². The molecule has 0 aliphatic carbocycles. The Kier molecular flexibility index (Phi) is 8.42. The van der Waals surface area contributed by atoms with Gasteiger partial charge in [-0.15, -0.1) is 0 Å². The van der Waals surface area contributed by atoms with Crippen molar-refractivity contribution < 1.29 is 14.2 Å². The van der Waals surface area contributed by atoms with Gasteiger partial charge in [-0.3, -0.25) is 4.90 Å². The van der Waals surface area contributed by atoms with Crippen molar-refractivity contribution in [2.75, 3.05) is 46.5 Å². The molecule has 0 amide bonds. The molecular formula is C22H29ClN2O3. The molecular weight excluding hydrogens is 376 g/mol. The highest BCUT2D eigenvalue weighted by molar-refractivity contribution is 6.30. The van der Waals surface area contributed by atoms with E-state index in [1.165, 1.54) is 5.56 Å². The van der Waals surface area contributed by atoms with Crippen molar-refractivity contribution in [1.82, 2.24) is 10.2 Å². The highest BCUT2D eigenvalue weighted by Crippen LogP contribution is 2.29. The lowest BCUT2D eigenvalue weighted by molar-refractivity contribution is 0.0374. The average Bonchev–Trinajstić information content (AvgIpc) is 2.74. The number of hydrogen-bond donors (Lipinski definition) is 1. The van der Waals surface area contributed by atoms with Gasteiger partial charge in [-0.25, -0.2) is 0 Å². The summed E-state index contributed by atoms with van der Waals surface area (Å²) in [4.78, 5) is 2.46. The fourth-order valence-electron chi connectivity index (χ4n) is 3.17. The predicted molar refractivity (Wildman–Crippen MR) is 112 cm³/mol. The van der Waals surface area contributed by atoms with Crippen molar-refractivity contribution in [3.8, 4) is 11.5 Å². The van der Waals surface area contributed by atoms with Crippen LogP contribution in [-0.2, 0) is 17.9 Å². The van der Waals surface area contributed by atoms with E-state index in [9.17, 15) is 0 Å². The van der Waals surface area contributed by atoms with Gasteiger partial charge in [0.15, 0.2) is 11.5 Å². The van der Waals surface area contributed by atoms with Crippen molar-refractivity contribution in [2.45, 2.75) is 19.6 Å². The summed E-state index contributed by atoms with van der Waals surface area (Å²) in [6.45, 7) is 7.23. The molecule has 3 rings (SSSR count). The molecule has 6 heteroatoms. The van der Waals surface area contributed by atoms with E-state index in [0.29, 0.717) is 6.61 Å². The lowest BCUT2D eigenvalue weighted by Crippen LogP contribution is -2.37. The van der Waals surface area contributed by atoms with Crippen LogP contribution in [0, 0.1) is 0 Å². The normalized spacial score (nSPS) is 14.8. The Labute approximate surface area is 172 Å². The molecule has 0 bridgehead atoms. The van der Waals surface area contributed by atoms with Gasteiger partial charge in [-0.2, -0.15) is 0 Å². The minimum Gasteiger partial charge on any atom is -0.493 e. The van der Waals surface area contributed by atoms with Crippen LogP contribution >= 0.6 is 11.6 Å². The largest absolute Gasteiger partial charge is 0.493 e. The Hall–Kier alpha value is -1.79. The summed E-state index contributed by atoms with van der Waals surface area (Å²) in [5, 5.41) is 4.23. The molecule has 28 heavy (non-hydrogen) atoms. The molecule has 152 valence electrons. The number of benzene rings is 2. The molecule has 0 saturated carbocycles. The van der Waals surface area contributed by atoms with E-state index < -0.39 is 0 Å². The summed E-state index contributed by atoms with van der Waals surface area (Å²) in [5.41, 5.74) is 2.25. The summed E-state index contributed by atoms with van der Waals surface area (Å²) in [5.74, 6) is 1.50. The zero-order chi connectivity index (χ0) is 19.6. The van der Waals surface area contributed by atoms with E-state index >= 15 is 0 Å². The summed E-state index contributed by atoms with van der Waals surface area (Å²) >= 11 is 5.92. The first-order valence-corrected chi connectivity index (χ1v) is 10.2. The van der Waals surface area contributed by atoms with Crippen molar-refractivity contribution in [3.63, 3.8) is 0 Å². The summed E-state index contributed by atoms with van der Waals surface area (Å²) in [6.07, 6.45) is 1.14. The second-order valence-corrected chi connectivity index (χ2v) is 7.32. The fourth-order valence-corrected chi connectivity index (χ4v) is 3.29. The minimum atomic E-state index is 0.479. The molecule has 1 aliphatic heterocycles. The first-order chi connectivity index (χ1) is 13.7. The molecule has 1 N–H and O–H groups in total. The standard InChI is InChI=1S/C22H29ClN2O3/c1-26-22-15-19(16-24-9-2-10-25-11-13-27-14-12-25)5-8-21(22)28-17-18-3-6-20(23)7-4-18/h3-8,15,24H,2,9-14,16-17H2,1H3. The van der Waals surface area contributed by atoms with Crippen LogP contribution in [0.1, 0.15) is 17.5 Å². The van der Waals surface area contributed by atoms with Gasteiger partial charge in [0, 0.05) is 24.7 Å². The van der Waals surface area contributed by atoms with Crippen LogP contribution in [0.3, 0.4) is 0 Å². The molecule has 0 spiro atoms. The first-order valence-electron chi connectivity index (χ1n) is 9.79. The van der Waals surface area contributed by atoms with Crippen LogP contribution in [0.5, 0.6) is 11.5 Å². The third-order valence-electron chi connectivity index (χ3n) is 4.80. The van der Waals surface area contributed by atoms with Gasteiger partial charge in [-0.1, -0.05) is 29.8 Å². The van der Waals surface area contributed by atoms with Gasteiger partial charge in [-0.05, 0) is 54.9 Å². The quantitative estimate of drug-likeness (QED) is 0.611. The van der Waals surface area contributed by atoms with Gasteiger partial charge in [0.25, 0.3) is 0 Å². The summed E-state index contributed by atoms with van der Waals surface area (Å²) in [6, 6.07) is 13.7. The summed E-state index contributed by atoms with van der Waals surface area (Å²) < 4.78 is 16.8. The minimum absolute atomic E-state index is 0.479. The van der Waals surface area contributed by atoms with Gasteiger partial charge in [0.1, 0.15) is 6.61 Å². The van der Waals surface area contributed by atoms with Gasteiger partial charge >= 0.3 is 0 Å². The number of rotatable bonds is 10. The van der Waals surface area contributed by atoms with E-state index in [2.05, 4.69) is 16.3 Å². The zero-order valence-electron chi connectivity index (χ0n) is 16.5. The monoisotopic (exact) mass is 404 g/mol. The highest BCUT2D eigenvalue weighted by Gasteiger charge is 2.09. The predicted octanol–water partition coefficient (Wildman–Crippen LogP) is 3.74. The van der Waals surface area contributed by atoms with Crippen LogP contribution in [-0.4, -0.2) is 51.4 Å². The number of ether oxygens (including phenoxy) is 3. The second-order valence-electron chi connectivity index (χ2n) is 6.88. The van der Waals surface area contributed by atoms with Crippen molar-refractivity contribution in [2.24, 2.45) is 0 Å². The van der Waals surface area contributed by atoms with Gasteiger partial charge < -0.3 is 19.5 Å². The molecule has 0 unspecified atom stereocenters. The van der Waals surface area contributed by atoms with Crippen molar-refractivity contribution in [1.29, 1.82) is 0 Å². The van der Waals surface area contributed by atoms with E-state index in [1.807, 2.05) is 36.4 Å². The maximum Gasteiger partial charge on any atom is 0.161 e. The van der Waals surface area contributed by atoms with Crippen LogP contribution in [0.25, 0.3) is 0 Å². The van der Waals surface area contributed by atoms with Crippen LogP contribution in [0.4, 0.5) is 0 Å². The lowest BCUT2D eigenvalue weighted by atomic mass is 10.2. The molecule has 1 aliphatic rings. The van der Waals surface area contributed by atoms with E-state index in [1.54, 1.807) is 7.11 Å². The van der Waals surface area contributed by atoms with Crippen LogP contribution in [0.2, 0.25) is 5.02 Å². The number of morpholine rings is 1. The van der Waals surface area contributed by atoms with Crippen LogP contribution in [0.15, 0.2) is 42.5 Å². The van der Waals surface area contributed by atoms with Gasteiger partial charge in [0.2, 0.25) is 0 Å². The fraction of sp³-hybridized carbons (Fsp3) is 0.455. The van der Waals surface area contributed by atoms with E-state index in [-0.39, 0.29) is 0 Å². The maximum absolute atomic E-state index is 5.92. The van der Waals surface area contributed by atoms with Crippen molar-refractivity contribution in [3.05, 3.63) is 58.6 Å². The topological polar surface area (TPSA) is 43.0 Å². The number of methoxy groups -OCH3 is 1. The second kappa shape index (κ2) is 11.3. The Balaban J connectivity index is 1.42. The molecule has 0 aromatic heterocycles. The Morgan fingerprint density at radius 3 is 2.54 bits per heavy atom. The van der Waals surface area contributed by atoms with Crippen molar-refractivity contribution >= 4 is 11.6 Å². The average molecular weight is 405 g/mol. The molecule has 1 saturated heterocycles. The first kappa shape index (κ1) is 20.9. The zero-order valence-corrected chi connectivity index (χ0v) is 17.2. The highest BCUT2D eigenvalue weighted by atomic mass is 35.5. The molecule has 1 fully saturated rings. The maximum atomic E-state index is 5.92. The third-order valence-corrected chi connectivity index (χ3v) is 5.05. The number of nitrogens with one attached hydrogen (secondary N) is 1. The Bertz CT molecular complexity index is 718.